The molecular formula is C27H39NO5S. The van der Waals surface area contributed by atoms with E-state index < -0.39 is 35.6 Å². The first-order valence-electron chi connectivity index (χ1n) is 11.9. The highest BCUT2D eigenvalue weighted by Gasteiger charge is 2.41. The Kier molecular flexibility index (Phi) is 9.97. The number of aliphatic hydroxyl groups is 2. The first-order valence-corrected chi connectivity index (χ1v) is 12.7. The van der Waals surface area contributed by atoms with E-state index in [4.69, 9.17) is 4.74 Å². The number of nitrogens with zero attached hydrogens (tertiary/aromatic N) is 1. The SMILES string of the molecule is C/C1=C/C[C@H](/C(C)=C/c2csc(C)n2)OC(=O)C[C@H](O)C(C)(C)C(=O)[C@H](C)[C@H](O)/C(C)=C/CC1. The second-order valence-corrected chi connectivity index (χ2v) is 11.0. The van der Waals surface area contributed by atoms with Crippen molar-refractivity contribution in [3.8, 4) is 0 Å². The van der Waals surface area contributed by atoms with Gasteiger partial charge >= 0.3 is 5.97 Å². The van der Waals surface area contributed by atoms with Crippen LogP contribution in [0.2, 0.25) is 0 Å². The van der Waals surface area contributed by atoms with E-state index in [9.17, 15) is 19.8 Å². The van der Waals surface area contributed by atoms with Gasteiger partial charge in [0.1, 0.15) is 11.9 Å². The number of rotatable bonds is 2. The molecule has 2 rings (SSSR count). The van der Waals surface area contributed by atoms with E-state index in [1.54, 1.807) is 32.1 Å². The van der Waals surface area contributed by atoms with Gasteiger partial charge < -0.3 is 14.9 Å². The number of esters is 1. The van der Waals surface area contributed by atoms with Crippen LogP contribution < -0.4 is 0 Å². The van der Waals surface area contributed by atoms with Gasteiger partial charge in [-0.25, -0.2) is 4.98 Å². The van der Waals surface area contributed by atoms with Gasteiger partial charge in [-0.3, -0.25) is 9.59 Å². The topological polar surface area (TPSA) is 96.7 Å². The molecule has 0 radical (unpaired) electrons. The molecule has 1 aliphatic rings. The fourth-order valence-electron chi connectivity index (χ4n) is 4.07. The van der Waals surface area contributed by atoms with Crippen molar-refractivity contribution < 1.29 is 24.5 Å². The Labute approximate surface area is 207 Å². The maximum atomic E-state index is 13.1. The lowest BCUT2D eigenvalue weighted by molar-refractivity contribution is -0.153. The summed E-state index contributed by atoms with van der Waals surface area (Å²) in [5.74, 6) is -1.56. The monoisotopic (exact) mass is 489 g/mol. The summed E-state index contributed by atoms with van der Waals surface area (Å²) in [4.78, 5) is 30.4. The number of hydrogen-bond donors (Lipinski definition) is 2. The highest BCUT2D eigenvalue weighted by Crippen LogP contribution is 2.31. The highest BCUT2D eigenvalue weighted by atomic mass is 32.1. The van der Waals surface area contributed by atoms with Gasteiger partial charge in [-0.2, -0.15) is 0 Å². The maximum absolute atomic E-state index is 13.1. The number of aliphatic hydroxyl groups excluding tert-OH is 2. The van der Waals surface area contributed by atoms with E-state index in [-0.39, 0.29) is 12.2 Å². The Morgan fingerprint density at radius 3 is 2.50 bits per heavy atom. The summed E-state index contributed by atoms with van der Waals surface area (Å²) in [7, 11) is 0. The van der Waals surface area contributed by atoms with Crippen LogP contribution in [0.25, 0.3) is 6.08 Å². The van der Waals surface area contributed by atoms with Gasteiger partial charge in [0, 0.05) is 17.7 Å². The van der Waals surface area contributed by atoms with Crippen molar-refractivity contribution in [2.75, 3.05) is 0 Å². The third kappa shape index (κ3) is 7.45. The Balaban J connectivity index is 2.37. The molecule has 0 aromatic carbocycles. The molecule has 34 heavy (non-hydrogen) atoms. The van der Waals surface area contributed by atoms with E-state index >= 15 is 0 Å². The maximum Gasteiger partial charge on any atom is 0.309 e. The number of hydrogen-bond acceptors (Lipinski definition) is 7. The second-order valence-electron chi connectivity index (χ2n) is 9.97. The molecule has 1 aromatic heterocycles. The zero-order valence-electron chi connectivity index (χ0n) is 21.4. The lowest BCUT2D eigenvalue weighted by atomic mass is 9.74. The van der Waals surface area contributed by atoms with Crippen molar-refractivity contribution in [1.29, 1.82) is 0 Å². The molecule has 0 spiro atoms. The Bertz CT molecular complexity index is 971. The number of ether oxygens (including phenoxy) is 1. The van der Waals surface area contributed by atoms with Crippen molar-refractivity contribution >= 4 is 29.2 Å². The smallest absolute Gasteiger partial charge is 0.309 e. The van der Waals surface area contributed by atoms with E-state index in [1.807, 2.05) is 45.2 Å². The van der Waals surface area contributed by atoms with Crippen LogP contribution in [-0.2, 0) is 14.3 Å². The molecular weight excluding hydrogens is 450 g/mol. The number of cyclic esters (lactones) is 1. The van der Waals surface area contributed by atoms with Crippen molar-refractivity contribution in [2.24, 2.45) is 11.3 Å². The average Bonchev–Trinajstić information content (AvgIpc) is 3.18. The average molecular weight is 490 g/mol. The lowest BCUT2D eigenvalue weighted by Gasteiger charge is -2.33. The summed E-state index contributed by atoms with van der Waals surface area (Å²) in [5.41, 5.74) is 2.35. The molecule has 1 aromatic rings. The van der Waals surface area contributed by atoms with Crippen molar-refractivity contribution in [3.63, 3.8) is 0 Å². The van der Waals surface area contributed by atoms with Gasteiger partial charge in [0.05, 0.1) is 34.7 Å². The van der Waals surface area contributed by atoms with Crippen molar-refractivity contribution in [3.05, 3.63) is 45.0 Å². The number of carbonyl (C=O) groups is 2. The third-order valence-electron chi connectivity index (χ3n) is 6.66. The summed E-state index contributed by atoms with van der Waals surface area (Å²) in [5, 5.41) is 24.4. The summed E-state index contributed by atoms with van der Waals surface area (Å²) in [6.07, 6.45) is 5.01. The number of Topliss-reactive ketones (excluding diaryl/α,β-unsaturated/α-hetero) is 1. The van der Waals surface area contributed by atoms with Gasteiger partial charge in [0.15, 0.2) is 0 Å². The molecule has 0 aliphatic carbocycles. The Hall–Kier alpha value is -2.09. The number of aromatic nitrogens is 1. The molecule has 0 unspecified atom stereocenters. The minimum atomic E-state index is -1.23. The highest BCUT2D eigenvalue weighted by molar-refractivity contribution is 7.09. The third-order valence-corrected chi connectivity index (χ3v) is 7.45. The largest absolute Gasteiger partial charge is 0.457 e. The lowest BCUT2D eigenvalue weighted by Crippen LogP contribution is -2.44. The van der Waals surface area contributed by atoms with Crippen molar-refractivity contribution in [1.82, 2.24) is 4.98 Å². The molecule has 1 aliphatic heterocycles. The Morgan fingerprint density at radius 2 is 1.88 bits per heavy atom. The number of carbonyl (C=O) groups excluding carboxylic acids is 2. The van der Waals surface area contributed by atoms with Gasteiger partial charge in [-0.1, -0.05) is 38.5 Å². The molecule has 2 N–H and O–H groups in total. The van der Waals surface area contributed by atoms with Gasteiger partial charge in [-0.15, -0.1) is 11.3 Å². The summed E-state index contributed by atoms with van der Waals surface area (Å²) >= 11 is 1.56. The van der Waals surface area contributed by atoms with E-state index in [1.165, 1.54) is 0 Å². The molecule has 0 amide bonds. The van der Waals surface area contributed by atoms with E-state index in [0.717, 1.165) is 40.3 Å². The van der Waals surface area contributed by atoms with Crippen molar-refractivity contribution in [2.45, 2.75) is 92.5 Å². The van der Waals surface area contributed by atoms with Gasteiger partial charge in [0.2, 0.25) is 0 Å². The predicted molar refractivity (Wildman–Crippen MR) is 136 cm³/mol. The number of aryl methyl sites for hydroxylation is 1. The first-order chi connectivity index (χ1) is 15.8. The van der Waals surface area contributed by atoms with Crippen LogP contribution in [0.1, 0.15) is 77.9 Å². The van der Waals surface area contributed by atoms with Gasteiger partial charge in [-0.05, 0) is 57.8 Å². The Morgan fingerprint density at radius 1 is 1.21 bits per heavy atom. The molecule has 0 fully saturated rings. The second kappa shape index (κ2) is 12.0. The summed E-state index contributed by atoms with van der Waals surface area (Å²) in [6, 6.07) is 0. The fourth-order valence-corrected chi connectivity index (χ4v) is 4.64. The molecule has 0 saturated heterocycles. The summed E-state index contributed by atoms with van der Waals surface area (Å²) < 4.78 is 5.80. The minimum Gasteiger partial charge on any atom is -0.457 e. The van der Waals surface area contributed by atoms with Crippen LogP contribution in [0, 0.1) is 18.3 Å². The molecule has 4 atom stereocenters. The molecule has 2 heterocycles. The fraction of sp³-hybridized carbons (Fsp3) is 0.593. The normalized spacial score (nSPS) is 31.3. The minimum absolute atomic E-state index is 0.289. The van der Waals surface area contributed by atoms with Crippen LogP contribution >= 0.6 is 11.3 Å². The van der Waals surface area contributed by atoms with Crippen LogP contribution in [0.3, 0.4) is 0 Å². The molecule has 0 saturated carbocycles. The van der Waals surface area contributed by atoms with E-state index in [0.29, 0.717) is 6.42 Å². The molecule has 7 heteroatoms. The van der Waals surface area contributed by atoms with Crippen LogP contribution in [0.4, 0.5) is 0 Å². The molecule has 188 valence electrons. The van der Waals surface area contributed by atoms with E-state index in [2.05, 4.69) is 11.1 Å². The van der Waals surface area contributed by atoms with Crippen LogP contribution in [0.5, 0.6) is 0 Å². The number of thiazole rings is 1. The standard InChI is InChI=1S/C27H39NO5S/c1-16-9-8-10-17(2)25(31)19(4)26(32)27(6,7)23(29)14-24(30)33-22(12-11-16)18(3)13-21-15-34-20(5)28-21/h10-11,13,15,19,22-23,25,29,31H,8-9,12,14H2,1-7H3/b16-11-,17-10+,18-13+/t19-,22-,23+,25-/m1/s1. The quantitative estimate of drug-likeness (QED) is 0.439. The number of allylic oxidation sites excluding steroid dienone is 2. The van der Waals surface area contributed by atoms with Crippen LogP contribution in [0.15, 0.2) is 34.3 Å². The van der Waals surface area contributed by atoms with Crippen LogP contribution in [-0.4, -0.2) is 45.3 Å². The molecule has 0 bridgehead atoms. The zero-order valence-corrected chi connectivity index (χ0v) is 22.2. The van der Waals surface area contributed by atoms with Gasteiger partial charge in [0.25, 0.3) is 0 Å². The summed E-state index contributed by atoms with van der Waals surface area (Å²) in [6.45, 7) is 12.6. The predicted octanol–water partition coefficient (Wildman–Crippen LogP) is 5.19. The number of ketones is 1. The molecule has 6 nitrogen and oxygen atoms in total. The first kappa shape index (κ1) is 28.1. The zero-order chi connectivity index (χ0) is 25.6.